The summed E-state index contributed by atoms with van der Waals surface area (Å²) in [4.78, 5) is 15.0. The van der Waals surface area contributed by atoms with E-state index in [1.54, 1.807) is 59.3 Å². The Kier molecular flexibility index (Phi) is 9.25. The number of amides is 1. The van der Waals surface area contributed by atoms with E-state index in [9.17, 15) is 18.0 Å². The smallest absolute Gasteiger partial charge is 0.397 e. The zero-order valence-corrected chi connectivity index (χ0v) is 22.8. The monoisotopic (exact) mass is 545 g/mol. The molecule has 0 bridgehead atoms. The first-order valence-corrected chi connectivity index (χ1v) is 12.1. The summed E-state index contributed by atoms with van der Waals surface area (Å²) < 4.78 is 47.2. The SMILES string of the molecule is CNN(/C=C(\N)c1cnn(C)c1C)c1cc(C(=O)Nc2cc(C(F)(F)F)ccc2N(C)CCOC)ccc1C. The molecular weight excluding hydrogens is 511 g/mol. The Labute approximate surface area is 226 Å². The van der Waals surface area contributed by atoms with Crippen molar-refractivity contribution >= 4 is 28.7 Å². The predicted molar refractivity (Wildman–Crippen MR) is 147 cm³/mol. The summed E-state index contributed by atoms with van der Waals surface area (Å²) in [7, 11) is 6.77. The lowest BCUT2D eigenvalue weighted by Gasteiger charge is -2.24. The number of nitrogens with zero attached hydrogens (tertiary/aromatic N) is 4. The third-order valence-electron chi connectivity index (χ3n) is 6.40. The molecule has 0 unspecified atom stereocenters. The Hall–Kier alpha value is -4.03. The number of methoxy groups -OCH3 is 1. The van der Waals surface area contributed by atoms with Crippen molar-refractivity contribution in [1.29, 1.82) is 0 Å². The Balaban J connectivity index is 1.96. The molecule has 3 rings (SSSR count). The van der Waals surface area contributed by atoms with Crippen molar-refractivity contribution in [2.75, 3.05) is 49.6 Å². The lowest BCUT2D eigenvalue weighted by atomic mass is 10.1. The lowest BCUT2D eigenvalue weighted by Crippen LogP contribution is -2.31. The molecule has 1 aromatic heterocycles. The van der Waals surface area contributed by atoms with Crippen LogP contribution in [-0.4, -0.2) is 50.0 Å². The minimum absolute atomic E-state index is 0.0391. The van der Waals surface area contributed by atoms with Gasteiger partial charge < -0.3 is 20.7 Å². The summed E-state index contributed by atoms with van der Waals surface area (Å²) in [5, 5.41) is 8.55. The van der Waals surface area contributed by atoms with Gasteiger partial charge in [0.1, 0.15) is 0 Å². The molecule has 0 aliphatic carbocycles. The van der Waals surface area contributed by atoms with Crippen molar-refractivity contribution in [2.45, 2.75) is 20.0 Å². The largest absolute Gasteiger partial charge is 0.416 e. The number of aryl methyl sites for hydroxylation is 2. The van der Waals surface area contributed by atoms with Gasteiger partial charge in [0.15, 0.2) is 0 Å². The maximum absolute atomic E-state index is 13.5. The molecule has 0 aliphatic rings. The second-order valence-corrected chi connectivity index (χ2v) is 9.04. The van der Waals surface area contributed by atoms with E-state index < -0.39 is 17.6 Å². The van der Waals surface area contributed by atoms with Gasteiger partial charge in [0.05, 0.1) is 41.1 Å². The molecule has 0 spiro atoms. The number of hydrogen-bond donors (Lipinski definition) is 3. The van der Waals surface area contributed by atoms with E-state index in [2.05, 4.69) is 15.8 Å². The van der Waals surface area contributed by atoms with E-state index in [0.29, 0.717) is 30.2 Å². The average molecular weight is 546 g/mol. The van der Waals surface area contributed by atoms with Gasteiger partial charge in [-0.05, 0) is 49.7 Å². The van der Waals surface area contributed by atoms with Gasteiger partial charge in [-0.25, -0.2) is 5.43 Å². The predicted octanol–water partition coefficient (Wildman–Crippen LogP) is 4.29. The summed E-state index contributed by atoms with van der Waals surface area (Å²) >= 11 is 0. The topological polar surface area (TPSA) is 101 Å². The number of hydrazine groups is 1. The number of aromatic nitrogens is 2. The van der Waals surface area contributed by atoms with E-state index in [-0.39, 0.29) is 11.3 Å². The van der Waals surface area contributed by atoms with Gasteiger partial charge in [-0.3, -0.25) is 14.5 Å². The number of likely N-dealkylation sites (N-methyl/N-ethyl adjacent to an activating group) is 1. The number of alkyl halides is 3. The normalized spacial score (nSPS) is 12.0. The molecule has 0 fully saturated rings. The zero-order chi connectivity index (χ0) is 28.9. The molecule has 1 heterocycles. The van der Waals surface area contributed by atoms with E-state index in [4.69, 9.17) is 10.5 Å². The van der Waals surface area contributed by atoms with Crippen LogP contribution >= 0.6 is 0 Å². The molecule has 210 valence electrons. The maximum Gasteiger partial charge on any atom is 0.416 e. The fourth-order valence-corrected chi connectivity index (χ4v) is 3.94. The second kappa shape index (κ2) is 12.2. The van der Waals surface area contributed by atoms with E-state index in [1.165, 1.54) is 13.2 Å². The molecule has 2 aromatic carbocycles. The molecule has 0 saturated carbocycles. The van der Waals surface area contributed by atoms with Crippen molar-refractivity contribution in [2.24, 2.45) is 12.8 Å². The zero-order valence-electron chi connectivity index (χ0n) is 22.8. The highest BCUT2D eigenvalue weighted by atomic mass is 19.4. The van der Waals surface area contributed by atoms with Crippen LogP contribution < -0.4 is 26.4 Å². The van der Waals surface area contributed by atoms with E-state index in [0.717, 1.165) is 29.0 Å². The number of nitrogens with two attached hydrogens (primary N) is 1. The van der Waals surface area contributed by atoms with Crippen LogP contribution in [0.15, 0.2) is 48.8 Å². The van der Waals surface area contributed by atoms with Crippen LogP contribution in [0.25, 0.3) is 5.70 Å². The third-order valence-corrected chi connectivity index (χ3v) is 6.40. The summed E-state index contributed by atoms with van der Waals surface area (Å²) in [6, 6.07) is 8.28. The number of anilines is 3. The van der Waals surface area contributed by atoms with Crippen LogP contribution in [0.4, 0.5) is 30.2 Å². The number of halogens is 3. The van der Waals surface area contributed by atoms with Crippen molar-refractivity contribution in [3.05, 3.63) is 76.7 Å². The summed E-state index contributed by atoms with van der Waals surface area (Å²) in [5.74, 6) is -0.562. The van der Waals surface area contributed by atoms with E-state index in [1.807, 2.05) is 20.9 Å². The number of carbonyl (C=O) groups is 1. The minimum atomic E-state index is -4.56. The fourth-order valence-electron chi connectivity index (χ4n) is 3.94. The molecule has 39 heavy (non-hydrogen) atoms. The fraction of sp³-hybridized carbons (Fsp3) is 0.333. The standard InChI is InChI=1S/C27H34F3N7O2/c1-17-7-8-19(13-25(17)37(32-3)16-22(31)21-15-33-36(5)18(21)2)26(38)34-23-14-20(27(28,29)30)9-10-24(23)35(4)11-12-39-6/h7-10,13-16,32H,11-12,31H2,1-6H3,(H,34,38)/b22-16-. The highest BCUT2D eigenvalue weighted by molar-refractivity contribution is 6.06. The van der Waals surface area contributed by atoms with E-state index >= 15 is 0 Å². The minimum Gasteiger partial charge on any atom is -0.397 e. The van der Waals surface area contributed by atoms with Gasteiger partial charge in [0.25, 0.3) is 5.91 Å². The highest BCUT2D eigenvalue weighted by Gasteiger charge is 2.31. The van der Waals surface area contributed by atoms with Crippen molar-refractivity contribution < 1.29 is 22.7 Å². The van der Waals surface area contributed by atoms with Gasteiger partial charge in [-0.15, -0.1) is 0 Å². The number of benzene rings is 2. The van der Waals surface area contributed by atoms with Crippen LogP contribution in [0.5, 0.6) is 0 Å². The van der Waals surface area contributed by atoms with Gasteiger partial charge in [0, 0.05) is 57.8 Å². The number of ether oxygens (including phenoxy) is 1. The van der Waals surface area contributed by atoms with Gasteiger partial charge >= 0.3 is 6.18 Å². The second-order valence-electron chi connectivity index (χ2n) is 9.04. The first-order chi connectivity index (χ1) is 18.4. The maximum atomic E-state index is 13.5. The Morgan fingerprint density at radius 2 is 1.90 bits per heavy atom. The van der Waals surface area contributed by atoms with Gasteiger partial charge in [-0.2, -0.15) is 18.3 Å². The molecule has 12 heteroatoms. The van der Waals surface area contributed by atoms with Crippen molar-refractivity contribution in [1.82, 2.24) is 15.2 Å². The molecule has 0 saturated heterocycles. The quantitative estimate of drug-likeness (QED) is 0.327. The Bertz CT molecular complexity index is 1350. The van der Waals surface area contributed by atoms with Gasteiger partial charge in [-0.1, -0.05) is 6.07 Å². The first kappa shape index (κ1) is 29.5. The number of carbonyl (C=O) groups excluding carboxylic acids is 1. The Morgan fingerprint density at radius 3 is 2.49 bits per heavy atom. The van der Waals surface area contributed by atoms with Crippen LogP contribution in [0, 0.1) is 13.8 Å². The van der Waals surface area contributed by atoms with Crippen LogP contribution in [0.2, 0.25) is 0 Å². The molecule has 0 radical (unpaired) electrons. The number of nitrogens with one attached hydrogen (secondary N) is 2. The molecule has 3 aromatic rings. The molecule has 1 amide bonds. The molecule has 0 aliphatic heterocycles. The highest BCUT2D eigenvalue weighted by Crippen LogP contribution is 2.35. The number of hydrogen-bond acceptors (Lipinski definition) is 7. The summed E-state index contributed by atoms with van der Waals surface area (Å²) in [5.41, 5.74) is 12.8. The third kappa shape index (κ3) is 6.89. The van der Waals surface area contributed by atoms with Crippen LogP contribution in [0.1, 0.15) is 32.7 Å². The van der Waals surface area contributed by atoms with Crippen LogP contribution in [0.3, 0.4) is 0 Å². The average Bonchev–Trinajstić information content (AvgIpc) is 3.23. The summed E-state index contributed by atoms with van der Waals surface area (Å²) in [6.45, 7) is 4.55. The molecular formula is C27H34F3N7O2. The number of rotatable bonds is 10. The van der Waals surface area contributed by atoms with Crippen molar-refractivity contribution in [3.8, 4) is 0 Å². The lowest BCUT2D eigenvalue weighted by molar-refractivity contribution is -0.137. The molecule has 0 atom stereocenters. The summed E-state index contributed by atoms with van der Waals surface area (Å²) in [6.07, 6.45) is -1.21. The molecule has 9 nitrogen and oxygen atoms in total. The molecule has 4 N–H and O–H groups in total. The van der Waals surface area contributed by atoms with Gasteiger partial charge in [0.2, 0.25) is 0 Å². The first-order valence-electron chi connectivity index (χ1n) is 12.1. The van der Waals surface area contributed by atoms with Crippen LogP contribution in [-0.2, 0) is 18.0 Å². The Morgan fingerprint density at radius 1 is 1.18 bits per heavy atom. The van der Waals surface area contributed by atoms with Crippen molar-refractivity contribution in [3.63, 3.8) is 0 Å².